The molecule has 0 saturated carbocycles. The summed E-state index contributed by atoms with van der Waals surface area (Å²) in [6, 6.07) is 13.4. The molecule has 34 heavy (non-hydrogen) atoms. The van der Waals surface area contributed by atoms with Crippen molar-refractivity contribution in [3.8, 4) is 0 Å². The number of carbonyl (C=O) groups excluding carboxylic acids is 1. The standard InChI is InChI=1S/C23H21N7O2S2/c1-14-25-16-7-8-17-20(19(16)33-14)34-22(26-17)27-23(31)30-9-10-32-12-18(30)21-24-13-29(28-21)11-15-5-3-2-4-6-15/h2-8,13,18H,9-12H2,1H3,(H,26,27,31). The van der Waals surface area contributed by atoms with Crippen LogP contribution in [0.2, 0.25) is 0 Å². The van der Waals surface area contributed by atoms with Crippen LogP contribution in [0, 0.1) is 6.92 Å². The van der Waals surface area contributed by atoms with Crippen molar-refractivity contribution in [3.05, 3.63) is 65.2 Å². The summed E-state index contributed by atoms with van der Waals surface area (Å²) in [6.07, 6.45) is 1.70. The van der Waals surface area contributed by atoms with E-state index in [1.165, 1.54) is 11.3 Å². The largest absolute Gasteiger partial charge is 0.377 e. The van der Waals surface area contributed by atoms with Gasteiger partial charge in [0.2, 0.25) is 0 Å². The second-order valence-electron chi connectivity index (χ2n) is 8.01. The van der Waals surface area contributed by atoms with Gasteiger partial charge in [-0.25, -0.2) is 24.4 Å². The van der Waals surface area contributed by atoms with Gasteiger partial charge < -0.3 is 9.64 Å². The summed E-state index contributed by atoms with van der Waals surface area (Å²) in [5.74, 6) is 0.567. The summed E-state index contributed by atoms with van der Waals surface area (Å²) >= 11 is 3.11. The lowest BCUT2D eigenvalue weighted by molar-refractivity contribution is 0.0117. The van der Waals surface area contributed by atoms with E-state index in [9.17, 15) is 4.79 Å². The highest BCUT2D eigenvalue weighted by atomic mass is 32.1. The first-order valence-electron chi connectivity index (χ1n) is 10.9. The third kappa shape index (κ3) is 4.02. The van der Waals surface area contributed by atoms with Gasteiger partial charge in [0.1, 0.15) is 12.4 Å². The summed E-state index contributed by atoms with van der Waals surface area (Å²) in [6.45, 7) is 3.88. The molecule has 0 spiro atoms. The second-order valence-corrected chi connectivity index (χ2v) is 10.2. The Morgan fingerprint density at radius 1 is 1.12 bits per heavy atom. The predicted molar refractivity (Wildman–Crippen MR) is 132 cm³/mol. The summed E-state index contributed by atoms with van der Waals surface area (Å²) in [7, 11) is 0. The van der Waals surface area contributed by atoms with Crippen LogP contribution in [0.15, 0.2) is 48.8 Å². The monoisotopic (exact) mass is 491 g/mol. The number of ether oxygens (including phenoxy) is 1. The molecule has 1 atom stereocenters. The van der Waals surface area contributed by atoms with Crippen LogP contribution in [0.4, 0.5) is 9.93 Å². The molecule has 0 radical (unpaired) electrons. The van der Waals surface area contributed by atoms with Gasteiger partial charge in [0, 0.05) is 6.54 Å². The highest BCUT2D eigenvalue weighted by molar-refractivity contribution is 7.28. The first kappa shape index (κ1) is 21.1. The third-order valence-electron chi connectivity index (χ3n) is 5.66. The van der Waals surface area contributed by atoms with E-state index in [1.807, 2.05) is 49.4 Å². The molecular weight excluding hydrogens is 470 g/mol. The van der Waals surface area contributed by atoms with E-state index in [1.54, 1.807) is 27.2 Å². The Balaban J connectivity index is 1.22. The lowest BCUT2D eigenvalue weighted by Crippen LogP contribution is -2.45. The molecule has 1 aliphatic rings. The number of fused-ring (bicyclic) bond motifs is 3. The van der Waals surface area contributed by atoms with E-state index < -0.39 is 0 Å². The Hall–Kier alpha value is -3.41. The van der Waals surface area contributed by atoms with Gasteiger partial charge in [-0.2, -0.15) is 5.10 Å². The first-order chi connectivity index (χ1) is 16.6. The van der Waals surface area contributed by atoms with Gasteiger partial charge in [0.15, 0.2) is 11.0 Å². The molecule has 6 rings (SSSR count). The van der Waals surface area contributed by atoms with E-state index in [4.69, 9.17) is 4.74 Å². The Morgan fingerprint density at radius 2 is 1.91 bits per heavy atom. The highest BCUT2D eigenvalue weighted by Gasteiger charge is 2.32. The number of aryl methyl sites for hydroxylation is 1. The van der Waals surface area contributed by atoms with Crippen molar-refractivity contribution in [1.29, 1.82) is 0 Å². The molecule has 11 heteroatoms. The normalized spacial score (nSPS) is 16.4. The van der Waals surface area contributed by atoms with Crippen molar-refractivity contribution in [1.82, 2.24) is 29.6 Å². The number of benzene rings is 2. The van der Waals surface area contributed by atoms with Crippen molar-refractivity contribution in [2.24, 2.45) is 0 Å². The highest BCUT2D eigenvalue weighted by Crippen LogP contribution is 2.36. The third-order valence-corrected chi connectivity index (χ3v) is 7.80. The molecule has 1 saturated heterocycles. The molecule has 1 N–H and O–H groups in total. The maximum absolute atomic E-state index is 13.2. The number of nitrogens with one attached hydrogen (secondary N) is 1. The van der Waals surface area contributed by atoms with Gasteiger partial charge in [-0.05, 0) is 24.6 Å². The average molecular weight is 492 g/mol. The quantitative estimate of drug-likeness (QED) is 0.399. The van der Waals surface area contributed by atoms with Gasteiger partial charge in [-0.3, -0.25) is 5.32 Å². The lowest BCUT2D eigenvalue weighted by Gasteiger charge is -2.33. The minimum atomic E-state index is -0.365. The zero-order valence-corrected chi connectivity index (χ0v) is 20.0. The molecule has 2 amide bonds. The second kappa shape index (κ2) is 8.75. The number of hydrogen-bond acceptors (Lipinski definition) is 8. The predicted octanol–water partition coefficient (Wildman–Crippen LogP) is 4.46. The van der Waals surface area contributed by atoms with Crippen molar-refractivity contribution >= 4 is 54.3 Å². The maximum Gasteiger partial charge on any atom is 0.324 e. The minimum Gasteiger partial charge on any atom is -0.377 e. The molecule has 0 aliphatic carbocycles. The molecule has 4 heterocycles. The summed E-state index contributed by atoms with van der Waals surface area (Å²) in [5.41, 5.74) is 2.95. The number of rotatable bonds is 4. The van der Waals surface area contributed by atoms with E-state index in [-0.39, 0.29) is 12.1 Å². The van der Waals surface area contributed by atoms with Gasteiger partial charge in [-0.1, -0.05) is 41.7 Å². The molecule has 172 valence electrons. The maximum atomic E-state index is 13.2. The van der Waals surface area contributed by atoms with Crippen LogP contribution in [-0.4, -0.2) is 55.4 Å². The Kier molecular flexibility index (Phi) is 5.44. The van der Waals surface area contributed by atoms with Crippen LogP contribution in [0.5, 0.6) is 0 Å². The number of carbonyl (C=O) groups is 1. The fourth-order valence-electron chi connectivity index (χ4n) is 4.07. The molecule has 3 aromatic heterocycles. The van der Waals surface area contributed by atoms with Gasteiger partial charge in [-0.15, -0.1) is 11.3 Å². The van der Waals surface area contributed by atoms with Gasteiger partial charge in [0.25, 0.3) is 0 Å². The van der Waals surface area contributed by atoms with Gasteiger partial charge in [0.05, 0.1) is 45.2 Å². The van der Waals surface area contributed by atoms with Crippen molar-refractivity contribution in [3.63, 3.8) is 0 Å². The van der Waals surface area contributed by atoms with Crippen LogP contribution < -0.4 is 5.32 Å². The number of hydrogen-bond donors (Lipinski definition) is 1. The summed E-state index contributed by atoms with van der Waals surface area (Å²) in [5, 5.41) is 9.18. The number of amides is 2. The Labute approximate surface area is 203 Å². The van der Waals surface area contributed by atoms with E-state index in [0.717, 1.165) is 31.0 Å². The smallest absolute Gasteiger partial charge is 0.324 e. The molecular formula is C23H21N7O2S2. The van der Waals surface area contributed by atoms with E-state index >= 15 is 0 Å². The average Bonchev–Trinajstić information content (AvgIpc) is 3.57. The van der Waals surface area contributed by atoms with Gasteiger partial charge >= 0.3 is 6.03 Å². The number of aromatic nitrogens is 5. The zero-order chi connectivity index (χ0) is 23.1. The SMILES string of the molecule is Cc1nc2ccc3nc(NC(=O)N4CCOCC4c4ncn(Cc5ccccc5)n4)sc3c2s1. The van der Waals surface area contributed by atoms with E-state index in [0.29, 0.717) is 37.3 Å². The lowest BCUT2D eigenvalue weighted by atomic mass is 10.2. The minimum absolute atomic E-state index is 0.233. The Bertz CT molecular complexity index is 1480. The molecule has 2 aromatic carbocycles. The molecule has 1 unspecified atom stereocenters. The van der Waals surface area contributed by atoms with Crippen LogP contribution in [0.3, 0.4) is 0 Å². The summed E-state index contributed by atoms with van der Waals surface area (Å²) < 4.78 is 9.59. The molecule has 5 aromatic rings. The number of thiazole rings is 2. The fourth-order valence-corrected chi connectivity index (χ4v) is 6.07. The van der Waals surface area contributed by atoms with Crippen LogP contribution in [0.25, 0.3) is 20.4 Å². The van der Waals surface area contributed by atoms with Crippen molar-refractivity contribution in [2.75, 3.05) is 25.1 Å². The zero-order valence-electron chi connectivity index (χ0n) is 18.3. The molecule has 1 fully saturated rings. The number of urea groups is 1. The fraction of sp³-hybridized carbons (Fsp3) is 0.261. The van der Waals surface area contributed by atoms with Crippen LogP contribution >= 0.6 is 22.7 Å². The molecule has 1 aliphatic heterocycles. The topological polar surface area (TPSA) is 98.1 Å². The first-order valence-corrected chi connectivity index (χ1v) is 12.5. The van der Waals surface area contributed by atoms with Crippen molar-refractivity contribution in [2.45, 2.75) is 19.5 Å². The molecule has 0 bridgehead atoms. The summed E-state index contributed by atoms with van der Waals surface area (Å²) in [4.78, 5) is 28.6. The van der Waals surface area contributed by atoms with Crippen molar-refractivity contribution < 1.29 is 9.53 Å². The number of nitrogens with zero attached hydrogens (tertiary/aromatic N) is 6. The van der Waals surface area contributed by atoms with Crippen LogP contribution in [-0.2, 0) is 11.3 Å². The molecule has 9 nitrogen and oxygen atoms in total. The number of anilines is 1. The van der Waals surface area contributed by atoms with Crippen LogP contribution in [0.1, 0.15) is 22.4 Å². The van der Waals surface area contributed by atoms with E-state index in [2.05, 4.69) is 25.4 Å². The Morgan fingerprint density at radius 3 is 2.76 bits per heavy atom. The number of morpholine rings is 1.